The van der Waals surface area contributed by atoms with Crippen LogP contribution in [0.25, 0.3) is 0 Å². The number of aromatic nitrogens is 6. The van der Waals surface area contributed by atoms with E-state index in [1.807, 2.05) is 25.3 Å². The normalized spacial score (nSPS) is 11.0. The molecule has 4 rings (SSSR count). The van der Waals surface area contributed by atoms with Crippen molar-refractivity contribution < 1.29 is 14.7 Å². The van der Waals surface area contributed by atoms with Crippen LogP contribution < -0.4 is 4.90 Å². The van der Waals surface area contributed by atoms with Gasteiger partial charge in [0.05, 0.1) is 18.3 Å². The molecule has 0 fully saturated rings. The maximum Gasteiger partial charge on any atom is 0.335 e. The summed E-state index contributed by atoms with van der Waals surface area (Å²) in [6, 6.07) is 10.8. The number of carbonyl (C=O) groups is 2. The summed E-state index contributed by atoms with van der Waals surface area (Å²) in [5.74, 6) is -0.300. The number of H-pyrrole nitrogens is 1. The molecule has 10 heteroatoms. The molecule has 0 unspecified atom stereocenters. The minimum atomic E-state index is -0.980. The van der Waals surface area contributed by atoms with Crippen molar-refractivity contribution in [3.05, 3.63) is 87.5 Å². The highest BCUT2D eigenvalue weighted by molar-refractivity contribution is 6.03. The topological polar surface area (TPSA) is 130 Å². The summed E-state index contributed by atoms with van der Waals surface area (Å²) in [6.07, 6.45) is 4.24. The Balaban J connectivity index is 1.73. The standard InChI is InChI=1S/C27H31N7O3/c1-5-6-7-24-28-14-23(33(24)15-20-8-10-21(11-9-20)26(36)37)25(35)34(27-29-31-32-30-27)16-22-18(3)12-17(2)13-19(22)4/h8-14H,5-7,15-16H2,1-4H3,(H,36,37)(H,29,30,31,32). The lowest BCUT2D eigenvalue weighted by Crippen LogP contribution is -2.34. The number of anilines is 1. The first-order valence-electron chi connectivity index (χ1n) is 12.3. The van der Waals surface area contributed by atoms with Crippen molar-refractivity contribution in [3.63, 3.8) is 0 Å². The Bertz CT molecular complexity index is 1370. The molecule has 37 heavy (non-hydrogen) atoms. The fourth-order valence-corrected chi connectivity index (χ4v) is 4.49. The lowest BCUT2D eigenvalue weighted by atomic mass is 9.99. The minimum Gasteiger partial charge on any atom is -0.478 e. The molecule has 1 amide bonds. The molecule has 2 heterocycles. The quantitative estimate of drug-likeness (QED) is 0.332. The van der Waals surface area contributed by atoms with Crippen molar-refractivity contribution in [3.8, 4) is 0 Å². The number of hydrogen-bond acceptors (Lipinski definition) is 6. The molecule has 4 aromatic rings. The Morgan fingerprint density at radius 3 is 2.38 bits per heavy atom. The highest BCUT2D eigenvalue weighted by atomic mass is 16.4. The molecular formula is C27H31N7O3. The SMILES string of the molecule is CCCCc1ncc(C(=O)N(Cc2c(C)cc(C)cc2C)c2nn[nH]n2)n1Cc1ccc(C(=O)O)cc1. The highest BCUT2D eigenvalue weighted by Crippen LogP contribution is 2.23. The number of benzene rings is 2. The van der Waals surface area contributed by atoms with Gasteiger partial charge in [-0.25, -0.2) is 9.78 Å². The van der Waals surface area contributed by atoms with Crippen LogP contribution in [0, 0.1) is 20.8 Å². The zero-order valence-corrected chi connectivity index (χ0v) is 21.5. The fourth-order valence-electron chi connectivity index (χ4n) is 4.49. The number of aromatic carboxylic acids is 1. The number of nitrogens with zero attached hydrogens (tertiary/aromatic N) is 6. The van der Waals surface area contributed by atoms with Crippen LogP contribution in [-0.4, -0.2) is 47.2 Å². The number of unbranched alkanes of at least 4 members (excludes halogenated alkanes) is 1. The number of amides is 1. The average Bonchev–Trinajstić information content (AvgIpc) is 3.53. The second kappa shape index (κ2) is 11.2. The highest BCUT2D eigenvalue weighted by Gasteiger charge is 2.27. The van der Waals surface area contributed by atoms with Gasteiger partial charge in [0, 0.05) is 13.0 Å². The van der Waals surface area contributed by atoms with Crippen molar-refractivity contribution in [2.24, 2.45) is 0 Å². The van der Waals surface area contributed by atoms with Gasteiger partial charge in [-0.2, -0.15) is 5.21 Å². The van der Waals surface area contributed by atoms with Gasteiger partial charge in [0.25, 0.3) is 11.9 Å². The van der Waals surface area contributed by atoms with Gasteiger partial charge < -0.3 is 9.67 Å². The van der Waals surface area contributed by atoms with Crippen LogP contribution in [0.15, 0.2) is 42.6 Å². The molecule has 2 N–H and O–H groups in total. The summed E-state index contributed by atoms with van der Waals surface area (Å²) in [6.45, 7) is 8.87. The number of tetrazole rings is 1. The Labute approximate surface area is 215 Å². The lowest BCUT2D eigenvalue weighted by Gasteiger charge is -2.22. The number of imidazole rings is 1. The fraction of sp³-hybridized carbons (Fsp3) is 0.333. The molecule has 0 saturated carbocycles. The second-order valence-corrected chi connectivity index (χ2v) is 9.23. The van der Waals surface area contributed by atoms with E-state index in [0.717, 1.165) is 52.9 Å². The molecule has 0 spiro atoms. The van der Waals surface area contributed by atoms with Crippen molar-refractivity contribution in [1.29, 1.82) is 0 Å². The van der Waals surface area contributed by atoms with Gasteiger partial charge >= 0.3 is 5.97 Å². The first kappa shape index (κ1) is 25.7. The van der Waals surface area contributed by atoms with Gasteiger partial charge in [-0.1, -0.05) is 48.3 Å². The van der Waals surface area contributed by atoms with E-state index in [4.69, 9.17) is 0 Å². The number of aromatic amines is 1. The molecule has 0 aliphatic rings. The number of aryl methyl sites for hydroxylation is 4. The Hall–Kier alpha value is -4.34. The van der Waals surface area contributed by atoms with Gasteiger partial charge in [0.1, 0.15) is 11.5 Å². The van der Waals surface area contributed by atoms with Crippen molar-refractivity contribution in [2.75, 3.05) is 4.90 Å². The molecule has 0 radical (unpaired) electrons. The Kier molecular flexibility index (Phi) is 7.76. The van der Waals surface area contributed by atoms with Gasteiger partial charge in [-0.05, 0) is 66.8 Å². The largest absolute Gasteiger partial charge is 0.478 e. The van der Waals surface area contributed by atoms with E-state index in [0.29, 0.717) is 12.2 Å². The third kappa shape index (κ3) is 5.74. The van der Waals surface area contributed by atoms with Crippen LogP contribution >= 0.6 is 0 Å². The molecule has 0 saturated heterocycles. The zero-order valence-electron chi connectivity index (χ0n) is 21.5. The van der Waals surface area contributed by atoms with Crippen LogP contribution in [0.2, 0.25) is 0 Å². The summed E-state index contributed by atoms with van der Waals surface area (Å²) in [4.78, 5) is 31.4. The van der Waals surface area contributed by atoms with Crippen LogP contribution in [0.4, 0.5) is 5.95 Å². The summed E-state index contributed by atoms with van der Waals surface area (Å²) in [7, 11) is 0. The van der Waals surface area contributed by atoms with E-state index in [1.165, 1.54) is 4.90 Å². The summed E-state index contributed by atoms with van der Waals surface area (Å²) in [5.41, 5.74) is 5.81. The van der Waals surface area contributed by atoms with Gasteiger partial charge in [0.2, 0.25) is 0 Å². The molecular weight excluding hydrogens is 470 g/mol. The van der Waals surface area contributed by atoms with Crippen molar-refractivity contribution in [1.82, 2.24) is 30.2 Å². The van der Waals surface area contributed by atoms with E-state index in [2.05, 4.69) is 44.7 Å². The number of hydrogen-bond donors (Lipinski definition) is 2. The van der Waals surface area contributed by atoms with Crippen LogP contribution in [0.5, 0.6) is 0 Å². The molecule has 2 aromatic carbocycles. The number of rotatable bonds is 10. The number of carboxylic acid groups (broad SMARTS) is 1. The molecule has 0 atom stereocenters. The predicted molar refractivity (Wildman–Crippen MR) is 139 cm³/mol. The second-order valence-electron chi connectivity index (χ2n) is 9.23. The third-order valence-electron chi connectivity index (χ3n) is 6.43. The monoisotopic (exact) mass is 501 g/mol. The Morgan fingerprint density at radius 2 is 1.78 bits per heavy atom. The van der Waals surface area contributed by atoms with Gasteiger partial charge in [0.15, 0.2) is 0 Å². The third-order valence-corrected chi connectivity index (χ3v) is 6.43. The zero-order chi connectivity index (χ0) is 26.5. The molecule has 0 aliphatic carbocycles. The predicted octanol–water partition coefficient (Wildman–Crippen LogP) is 4.26. The Morgan fingerprint density at radius 1 is 1.08 bits per heavy atom. The van der Waals surface area contributed by atoms with E-state index in [-0.39, 0.29) is 24.0 Å². The first-order valence-corrected chi connectivity index (χ1v) is 12.3. The molecule has 0 aliphatic heterocycles. The molecule has 192 valence electrons. The maximum absolute atomic E-state index is 14.0. The number of carbonyl (C=O) groups excluding carboxylic acids is 1. The maximum atomic E-state index is 14.0. The van der Waals surface area contributed by atoms with Crippen LogP contribution in [0.3, 0.4) is 0 Å². The summed E-state index contributed by atoms with van der Waals surface area (Å²) in [5, 5.41) is 23.6. The number of nitrogens with one attached hydrogen (secondary N) is 1. The summed E-state index contributed by atoms with van der Waals surface area (Å²) < 4.78 is 1.90. The molecule has 10 nitrogen and oxygen atoms in total. The molecule has 2 aromatic heterocycles. The van der Waals surface area contributed by atoms with E-state index in [1.54, 1.807) is 30.5 Å². The van der Waals surface area contributed by atoms with Crippen molar-refractivity contribution in [2.45, 2.75) is 60.0 Å². The molecule has 0 bridgehead atoms. The van der Waals surface area contributed by atoms with E-state index < -0.39 is 5.97 Å². The first-order chi connectivity index (χ1) is 17.8. The van der Waals surface area contributed by atoms with Crippen molar-refractivity contribution >= 4 is 17.8 Å². The van der Waals surface area contributed by atoms with Gasteiger partial charge in [-0.15, -0.1) is 5.10 Å². The van der Waals surface area contributed by atoms with Gasteiger partial charge in [-0.3, -0.25) is 9.69 Å². The lowest BCUT2D eigenvalue weighted by molar-refractivity contribution is 0.0696. The average molecular weight is 502 g/mol. The van der Waals surface area contributed by atoms with Crippen LogP contribution in [-0.2, 0) is 19.5 Å². The van der Waals surface area contributed by atoms with E-state index in [9.17, 15) is 14.7 Å². The smallest absolute Gasteiger partial charge is 0.335 e. The van der Waals surface area contributed by atoms with E-state index >= 15 is 0 Å². The number of carboxylic acids is 1. The summed E-state index contributed by atoms with van der Waals surface area (Å²) >= 11 is 0. The van der Waals surface area contributed by atoms with Crippen LogP contribution in [0.1, 0.15) is 74.3 Å². The minimum absolute atomic E-state index is 0.179.